The van der Waals surface area contributed by atoms with E-state index in [9.17, 15) is 4.79 Å². The lowest BCUT2D eigenvalue weighted by atomic mass is 10.0. The Morgan fingerprint density at radius 2 is 1.45 bits per heavy atom. The zero-order valence-corrected chi connectivity index (χ0v) is 16.5. The summed E-state index contributed by atoms with van der Waals surface area (Å²) in [5, 5.41) is 3.49. The van der Waals surface area contributed by atoms with Gasteiger partial charge in [-0.2, -0.15) is 0 Å². The Hall–Kier alpha value is -3.67. The molecule has 0 bridgehead atoms. The maximum absolute atomic E-state index is 13.4. The van der Waals surface area contributed by atoms with E-state index in [0.717, 1.165) is 16.9 Å². The molecule has 29 heavy (non-hydrogen) atoms. The van der Waals surface area contributed by atoms with Crippen LogP contribution >= 0.6 is 0 Å². The molecule has 0 aliphatic carbocycles. The summed E-state index contributed by atoms with van der Waals surface area (Å²) < 4.78 is 16.5. The van der Waals surface area contributed by atoms with Crippen molar-refractivity contribution in [1.29, 1.82) is 0 Å². The average molecular weight is 390 g/mol. The van der Waals surface area contributed by atoms with Crippen molar-refractivity contribution >= 4 is 17.3 Å². The van der Waals surface area contributed by atoms with Crippen LogP contribution in [0.2, 0.25) is 0 Å². The fourth-order valence-electron chi connectivity index (χ4n) is 3.60. The highest BCUT2D eigenvalue weighted by Gasteiger charge is 2.35. The van der Waals surface area contributed by atoms with Crippen molar-refractivity contribution in [3.05, 3.63) is 77.9 Å². The van der Waals surface area contributed by atoms with Crippen LogP contribution in [0.1, 0.15) is 22.1 Å². The van der Waals surface area contributed by atoms with E-state index >= 15 is 0 Å². The predicted molar refractivity (Wildman–Crippen MR) is 112 cm³/mol. The maximum Gasteiger partial charge on any atom is 0.262 e. The van der Waals surface area contributed by atoms with Crippen molar-refractivity contribution in [1.82, 2.24) is 0 Å². The lowest BCUT2D eigenvalue weighted by molar-refractivity contribution is 0.0975. The number of ether oxygens (including phenoxy) is 3. The van der Waals surface area contributed by atoms with Gasteiger partial charge in [0.15, 0.2) is 11.5 Å². The molecular weight excluding hydrogens is 368 g/mol. The molecule has 6 nitrogen and oxygen atoms in total. The van der Waals surface area contributed by atoms with Crippen LogP contribution in [0, 0.1) is 0 Å². The Morgan fingerprint density at radius 1 is 0.828 bits per heavy atom. The molecule has 1 N–H and O–H groups in total. The molecular formula is C23H22N2O4. The van der Waals surface area contributed by atoms with Crippen LogP contribution in [0.25, 0.3) is 0 Å². The van der Waals surface area contributed by atoms with Crippen LogP contribution in [0.3, 0.4) is 0 Å². The van der Waals surface area contributed by atoms with Crippen LogP contribution in [0.15, 0.2) is 66.7 Å². The van der Waals surface area contributed by atoms with Gasteiger partial charge in [-0.25, -0.2) is 0 Å². The number of fused-ring (bicyclic) bond motifs is 1. The number of hydrogen-bond donors (Lipinski definition) is 1. The Labute approximate surface area is 169 Å². The quantitative estimate of drug-likeness (QED) is 0.696. The molecule has 0 saturated carbocycles. The van der Waals surface area contributed by atoms with Crippen LogP contribution in [-0.4, -0.2) is 27.2 Å². The number of hydrogen-bond acceptors (Lipinski definition) is 5. The number of benzene rings is 3. The summed E-state index contributed by atoms with van der Waals surface area (Å²) in [7, 11) is 4.71. The Kier molecular flexibility index (Phi) is 4.99. The van der Waals surface area contributed by atoms with Gasteiger partial charge in [0.05, 0.1) is 26.9 Å². The van der Waals surface area contributed by atoms with Crippen LogP contribution in [0.4, 0.5) is 11.4 Å². The number of amides is 1. The summed E-state index contributed by atoms with van der Waals surface area (Å²) in [5.74, 6) is 1.49. The lowest BCUT2D eigenvalue weighted by Gasteiger charge is -2.38. The molecule has 0 saturated heterocycles. The first kappa shape index (κ1) is 18.7. The van der Waals surface area contributed by atoms with E-state index in [-0.39, 0.29) is 5.91 Å². The number of anilines is 2. The van der Waals surface area contributed by atoms with Crippen molar-refractivity contribution in [3.63, 3.8) is 0 Å². The summed E-state index contributed by atoms with van der Waals surface area (Å²) in [6.07, 6.45) is -0.450. The van der Waals surface area contributed by atoms with E-state index in [1.165, 1.54) is 0 Å². The molecule has 0 radical (unpaired) electrons. The summed E-state index contributed by atoms with van der Waals surface area (Å²) >= 11 is 0. The average Bonchev–Trinajstić information content (AvgIpc) is 2.78. The van der Waals surface area contributed by atoms with E-state index < -0.39 is 6.17 Å². The molecule has 0 fully saturated rings. The molecule has 1 heterocycles. The molecule has 148 valence electrons. The number of nitrogens with zero attached hydrogens (tertiary/aromatic N) is 1. The van der Waals surface area contributed by atoms with Gasteiger partial charge in [-0.05, 0) is 36.4 Å². The van der Waals surface area contributed by atoms with E-state index in [2.05, 4.69) is 5.32 Å². The van der Waals surface area contributed by atoms with Crippen LogP contribution < -0.4 is 24.4 Å². The minimum atomic E-state index is -0.450. The second-order valence-corrected chi connectivity index (χ2v) is 6.56. The topological polar surface area (TPSA) is 60.0 Å². The summed E-state index contributed by atoms with van der Waals surface area (Å²) in [6, 6.07) is 20.8. The second kappa shape index (κ2) is 7.75. The first-order chi connectivity index (χ1) is 14.2. The van der Waals surface area contributed by atoms with Gasteiger partial charge in [0.1, 0.15) is 6.17 Å². The third-order valence-electron chi connectivity index (χ3n) is 4.96. The number of para-hydroxylation sites is 2. The Morgan fingerprint density at radius 3 is 2.07 bits per heavy atom. The molecule has 1 atom stereocenters. The molecule has 0 spiro atoms. The highest BCUT2D eigenvalue weighted by atomic mass is 16.5. The molecule has 3 aromatic rings. The van der Waals surface area contributed by atoms with Crippen molar-refractivity contribution in [2.24, 2.45) is 0 Å². The number of rotatable bonds is 5. The molecule has 6 heteroatoms. The molecule has 1 amide bonds. The third-order valence-corrected chi connectivity index (χ3v) is 4.96. The first-order valence-electron chi connectivity index (χ1n) is 9.22. The third kappa shape index (κ3) is 3.23. The number of carbonyl (C=O) groups excluding carboxylic acids is 1. The van der Waals surface area contributed by atoms with Crippen LogP contribution in [0.5, 0.6) is 17.2 Å². The van der Waals surface area contributed by atoms with Crippen molar-refractivity contribution < 1.29 is 19.0 Å². The number of nitrogens with one attached hydrogen (secondary N) is 1. The zero-order chi connectivity index (χ0) is 20.4. The second-order valence-electron chi connectivity index (χ2n) is 6.56. The summed E-state index contributed by atoms with van der Waals surface area (Å²) in [4.78, 5) is 15.2. The SMILES string of the molecule is COc1cc(C2Nc3ccccc3C(=O)N2c2ccccc2)cc(OC)c1OC. The Balaban J connectivity index is 1.89. The summed E-state index contributed by atoms with van der Waals surface area (Å²) in [6.45, 7) is 0. The normalized spacial score (nSPS) is 15.3. The van der Waals surface area contributed by atoms with Gasteiger partial charge in [0, 0.05) is 16.9 Å². The first-order valence-corrected chi connectivity index (χ1v) is 9.22. The fraction of sp³-hybridized carbons (Fsp3) is 0.174. The highest BCUT2D eigenvalue weighted by Crippen LogP contribution is 2.43. The smallest absolute Gasteiger partial charge is 0.262 e. The van der Waals surface area contributed by atoms with Gasteiger partial charge >= 0.3 is 0 Å². The lowest BCUT2D eigenvalue weighted by Crippen LogP contribution is -2.43. The summed E-state index contributed by atoms with van der Waals surface area (Å²) in [5.41, 5.74) is 3.01. The standard InChI is InChI=1S/C23H22N2O4/c1-27-19-13-15(14-20(28-2)21(19)29-3)22-24-18-12-8-7-11-17(18)23(26)25(22)16-9-5-4-6-10-16/h4-14,22,24H,1-3H3. The van der Waals surface area contributed by atoms with Crippen molar-refractivity contribution in [3.8, 4) is 17.2 Å². The van der Waals surface area contributed by atoms with Gasteiger partial charge < -0.3 is 19.5 Å². The van der Waals surface area contributed by atoms with E-state index in [1.807, 2.05) is 66.7 Å². The van der Waals surface area contributed by atoms with Crippen molar-refractivity contribution in [2.45, 2.75) is 6.17 Å². The molecule has 1 aliphatic rings. The van der Waals surface area contributed by atoms with Gasteiger partial charge in [0.2, 0.25) is 5.75 Å². The van der Waals surface area contributed by atoms with E-state index in [1.54, 1.807) is 26.2 Å². The minimum Gasteiger partial charge on any atom is -0.493 e. The highest BCUT2D eigenvalue weighted by molar-refractivity contribution is 6.12. The van der Waals surface area contributed by atoms with E-state index in [4.69, 9.17) is 14.2 Å². The van der Waals surface area contributed by atoms with E-state index in [0.29, 0.717) is 22.8 Å². The number of carbonyl (C=O) groups is 1. The maximum atomic E-state index is 13.4. The van der Waals surface area contributed by atoms with Gasteiger partial charge in [0.25, 0.3) is 5.91 Å². The zero-order valence-electron chi connectivity index (χ0n) is 16.5. The number of methoxy groups -OCH3 is 3. The van der Waals surface area contributed by atoms with Gasteiger partial charge in [-0.15, -0.1) is 0 Å². The Bertz CT molecular complexity index is 1010. The minimum absolute atomic E-state index is 0.0794. The van der Waals surface area contributed by atoms with Gasteiger partial charge in [-0.1, -0.05) is 30.3 Å². The fourth-order valence-corrected chi connectivity index (χ4v) is 3.60. The monoisotopic (exact) mass is 390 g/mol. The molecule has 0 aromatic heterocycles. The van der Waals surface area contributed by atoms with Gasteiger partial charge in [-0.3, -0.25) is 9.69 Å². The largest absolute Gasteiger partial charge is 0.493 e. The molecule has 4 rings (SSSR count). The predicted octanol–water partition coefficient (Wildman–Crippen LogP) is 4.48. The molecule has 1 unspecified atom stereocenters. The van der Waals surface area contributed by atoms with Crippen molar-refractivity contribution in [2.75, 3.05) is 31.5 Å². The molecule has 3 aromatic carbocycles. The molecule has 1 aliphatic heterocycles. The van der Waals surface area contributed by atoms with Crippen LogP contribution in [-0.2, 0) is 0 Å².